The standard InChI is InChI=1S/C14H13FN4O3/c15-9-1-3-10(4-2-9)19-17-7-11(18-19)12(20)16-8-14(5-6-14)13(21)22/h1-4,7H,5-6,8H2,(H,16,20)(H,21,22). The molecule has 0 aliphatic heterocycles. The lowest BCUT2D eigenvalue weighted by Gasteiger charge is -2.09. The normalized spacial score (nSPS) is 15.3. The largest absolute Gasteiger partial charge is 0.481 e. The summed E-state index contributed by atoms with van der Waals surface area (Å²) in [5.74, 6) is -1.76. The van der Waals surface area contributed by atoms with Gasteiger partial charge >= 0.3 is 5.97 Å². The fourth-order valence-corrected chi connectivity index (χ4v) is 2.02. The van der Waals surface area contributed by atoms with Crippen molar-refractivity contribution in [2.24, 2.45) is 5.41 Å². The zero-order chi connectivity index (χ0) is 15.7. The fourth-order valence-electron chi connectivity index (χ4n) is 2.02. The van der Waals surface area contributed by atoms with Gasteiger partial charge in [-0.2, -0.15) is 9.90 Å². The summed E-state index contributed by atoms with van der Waals surface area (Å²) in [5, 5.41) is 19.5. The summed E-state index contributed by atoms with van der Waals surface area (Å²) in [6.07, 6.45) is 2.40. The second kappa shape index (κ2) is 5.21. The zero-order valence-corrected chi connectivity index (χ0v) is 11.5. The summed E-state index contributed by atoms with van der Waals surface area (Å²) in [6, 6.07) is 5.51. The highest BCUT2D eigenvalue weighted by molar-refractivity contribution is 5.92. The van der Waals surface area contributed by atoms with Crippen LogP contribution in [0.3, 0.4) is 0 Å². The van der Waals surface area contributed by atoms with Crippen molar-refractivity contribution in [1.29, 1.82) is 0 Å². The third-order valence-corrected chi connectivity index (χ3v) is 3.68. The van der Waals surface area contributed by atoms with Crippen LogP contribution in [0.15, 0.2) is 30.5 Å². The third kappa shape index (κ3) is 2.67. The number of aromatic nitrogens is 3. The molecule has 1 heterocycles. The molecule has 1 saturated carbocycles. The molecule has 2 aromatic rings. The van der Waals surface area contributed by atoms with Crippen molar-refractivity contribution < 1.29 is 19.1 Å². The van der Waals surface area contributed by atoms with Gasteiger partial charge in [-0.3, -0.25) is 9.59 Å². The Morgan fingerprint density at radius 2 is 2.00 bits per heavy atom. The summed E-state index contributed by atoms with van der Waals surface area (Å²) in [5.41, 5.74) is -0.238. The number of hydrogen-bond acceptors (Lipinski definition) is 4. The number of nitrogens with one attached hydrogen (secondary N) is 1. The second-order valence-corrected chi connectivity index (χ2v) is 5.26. The van der Waals surface area contributed by atoms with Gasteiger partial charge < -0.3 is 10.4 Å². The van der Waals surface area contributed by atoms with Crippen molar-refractivity contribution in [1.82, 2.24) is 20.3 Å². The lowest BCUT2D eigenvalue weighted by molar-refractivity contribution is -0.143. The van der Waals surface area contributed by atoms with E-state index >= 15 is 0 Å². The van der Waals surface area contributed by atoms with E-state index in [9.17, 15) is 14.0 Å². The maximum Gasteiger partial charge on any atom is 0.311 e. The first-order valence-corrected chi connectivity index (χ1v) is 6.70. The van der Waals surface area contributed by atoms with Gasteiger partial charge in [0.25, 0.3) is 5.91 Å². The van der Waals surface area contributed by atoms with E-state index in [-0.39, 0.29) is 18.1 Å². The molecule has 0 saturated heterocycles. The number of carboxylic acid groups (broad SMARTS) is 1. The minimum Gasteiger partial charge on any atom is -0.481 e. The van der Waals surface area contributed by atoms with Crippen LogP contribution in [0.4, 0.5) is 4.39 Å². The Labute approximate surface area is 124 Å². The molecule has 1 aromatic carbocycles. The van der Waals surface area contributed by atoms with Gasteiger partial charge in [-0.15, -0.1) is 5.10 Å². The maximum atomic E-state index is 12.9. The second-order valence-electron chi connectivity index (χ2n) is 5.26. The Kier molecular flexibility index (Phi) is 3.36. The molecule has 2 N–H and O–H groups in total. The molecule has 1 amide bonds. The SMILES string of the molecule is O=C(NCC1(C(=O)O)CC1)c1cnn(-c2ccc(F)cc2)n1. The number of carbonyl (C=O) groups is 2. The van der Waals surface area contributed by atoms with E-state index in [2.05, 4.69) is 15.5 Å². The topological polar surface area (TPSA) is 97.1 Å². The van der Waals surface area contributed by atoms with E-state index in [1.807, 2.05) is 0 Å². The van der Waals surface area contributed by atoms with Gasteiger partial charge in [-0.1, -0.05) is 0 Å². The fraction of sp³-hybridized carbons (Fsp3) is 0.286. The zero-order valence-electron chi connectivity index (χ0n) is 11.5. The van der Waals surface area contributed by atoms with Gasteiger partial charge in [0, 0.05) is 6.54 Å². The Morgan fingerprint density at radius 3 is 2.59 bits per heavy atom. The number of rotatable bonds is 5. The average molecular weight is 304 g/mol. The van der Waals surface area contributed by atoms with Crippen LogP contribution >= 0.6 is 0 Å². The van der Waals surface area contributed by atoms with Crippen LogP contribution in [0.2, 0.25) is 0 Å². The molecule has 22 heavy (non-hydrogen) atoms. The van der Waals surface area contributed by atoms with Gasteiger partial charge in [0.15, 0.2) is 5.69 Å². The number of amides is 1. The minimum absolute atomic E-state index is 0.0740. The molecule has 0 unspecified atom stereocenters. The number of carboxylic acids is 1. The highest BCUT2D eigenvalue weighted by Crippen LogP contribution is 2.45. The van der Waals surface area contributed by atoms with Crippen molar-refractivity contribution >= 4 is 11.9 Å². The van der Waals surface area contributed by atoms with Crippen LogP contribution in [0, 0.1) is 11.2 Å². The molecule has 1 aliphatic rings. The smallest absolute Gasteiger partial charge is 0.311 e. The summed E-state index contributed by atoms with van der Waals surface area (Å²) >= 11 is 0. The van der Waals surface area contributed by atoms with Gasteiger partial charge in [-0.25, -0.2) is 4.39 Å². The number of nitrogens with zero attached hydrogens (tertiary/aromatic N) is 3. The molecule has 8 heteroatoms. The first kappa shape index (κ1) is 14.2. The van der Waals surface area contributed by atoms with E-state index in [4.69, 9.17) is 5.11 Å². The van der Waals surface area contributed by atoms with Crippen LogP contribution in [0.5, 0.6) is 0 Å². The molecule has 1 fully saturated rings. The lowest BCUT2D eigenvalue weighted by Crippen LogP contribution is -2.34. The third-order valence-electron chi connectivity index (χ3n) is 3.68. The highest BCUT2D eigenvalue weighted by Gasteiger charge is 2.50. The van der Waals surface area contributed by atoms with Crippen molar-refractivity contribution in [3.63, 3.8) is 0 Å². The Morgan fingerprint density at radius 1 is 1.32 bits per heavy atom. The van der Waals surface area contributed by atoms with E-state index in [1.165, 1.54) is 35.3 Å². The number of aliphatic carboxylic acids is 1. The van der Waals surface area contributed by atoms with Crippen LogP contribution < -0.4 is 5.32 Å². The molecule has 0 radical (unpaired) electrons. The van der Waals surface area contributed by atoms with E-state index in [0.29, 0.717) is 18.5 Å². The van der Waals surface area contributed by atoms with Crippen LogP contribution in [-0.4, -0.2) is 38.5 Å². The molecule has 3 rings (SSSR count). The molecular weight excluding hydrogens is 291 g/mol. The first-order chi connectivity index (χ1) is 10.5. The summed E-state index contributed by atoms with van der Waals surface area (Å²) < 4.78 is 12.9. The monoisotopic (exact) mass is 304 g/mol. The van der Waals surface area contributed by atoms with Crippen molar-refractivity contribution in [2.75, 3.05) is 6.54 Å². The van der Waals surface area contributed by atoms with E-state index < -0.39 is 17.3 Å². The molecule has 1 aliphatic carbocycles. The van der Waals surface area contributed by atoms with Gasteiger partial charge in [-0.05, 0) is 37.1 Å². The molecule has 0 atom stereocenters. The quantitative estimate of drug-likeness (QED) is 0.859. The van der Waals surface area contributed by atoms with Crippen LogP contribution in [0.1, 0.15) is 23.3 Å². The Bertz CT molecular complexity index is 722. The first-order valence-electron chi connectivity index (χ1n) is 6.70. The molecular formula is C14H13FN4O3. The molecule has 0 spiro atoms. The van der Waals surface area contributed by atoms with E-state index in [0.717, 1.165) is 0 Å². The molecule has 114 valence electrons. The van der Waals surface area contributed by atoms with Crippen molar-refractivity contribution in [3.8, 4) is 5.69 Å². The Balaban J connectivity index is 1.67. The number of carbonyl (C=O) groups excluding carboxylic acids is 1. The van der Waals surface area contributed by atoms with Gasteiger partial charge in [0.1, 0.15) is 5.82 Å². The lowest BCUT2D eigenvalue weighted by atomic mass is 10.1. The maximum absolute atomic E-state index is 12.9. The van der Waals surface area contributed by atoms with Crippen LogP contribution in [-0.2, 0) is 4.79 Å². The minimum atomic E-state index is -0.900. The molecule has 0 bridgehead atoms. The van der Waals surface area contributed by atoms with Crippen molar-refractivity contribution in [3.05, 3.63) is 42.0 Å². The van der Waals surface area contributed by atoms with E-state index in [1.54, 1.807) is 0 Å². The van der Waals surface area contributed by atoms with Crippen LogP contribution in [0.25, 0.3) is 5.69 Å². The summed E-state index contributed by atoms with van der Waals surface area (Å²) in [4.78, 5) is 24.2. The summed E-state index contributed by atoms with van der Waals surface area (Å²) in [6.45, 7) is 0.0740. The molecule has 1 aromatic heterocycles. The van der Waals surface area contributed by atoms with Gasteiger partial charge in [0.2, 0.25) is 0 Å². The highest BCUT2D eigenvalue weighted by atomic mass is 19.1. The molecule has 7 nitrogen and oxygen atoms in total. The Hall–Kier alpha value is -2.77. The average Bonchev–Trinajstić information content (AvgIpc) is 3.15. The number of halogens is 1. The number of hydrogen-bond donors (Lipinski definition) is 2. The predicted octanol–water partition coefficient (Wildman–Crippen LogP) is 1.00. The number of benzene rings is 1. The predicted molar refractivity (Wildman–Crippen MR) is 73.0 cm³/mol. The van der Waals surface area contributed by atoms with Gasteiger partial charge in [0.05, 0.1) is 17.3 Å². The van der Waals surface area contributed by atoms with Crippen molar-refractivity contribution in [2.45, 2.75) is 12.8 Å². The summed E-state index contributed by atoms with van der Waals surface area (Å²) in [7, 11) is 0.